The molecular formula is C13H20N2O2. The maximum Gasteiger partial charge on any atom is 0.425 e. The summed E-state index contributed by atoms with van der Waals surface area (Å²) in [6, 6.07) is 9.76. The molecule has 0 aliphatic rings. The highest BCUT2D eigenvalue weighted by molar-refractivity contribution is 5.67. The molecule has 4 nitrogen and oxygen atoms in total. The number of carbonyl (C=O) groups is 1. The van der Waals surface area contributed by atoms with Gasteiger partial charge in [-0.15, -0.1) is 0 Å². The molecule has 1 amide bonds. The van der Waals surface area contributed by atoms with Gasteiger partial charge in [0.25, 0.3) is 0 Å². The van der Waals surface area contributed by atoms with Gasteiger partial charge in [0, 0.05) is 7.05 Å². The van der Waals surface area contributed by atoms with E-state index in [2.05, 4.69) is 5.43 Å². The summed E-state index contributed by atoms with van der Waals surface area (Å²) in [5.41, 5.74) is 3.40. The van der Waals surface area contributed by atoms with Gasteiger partial charge in [0.1, 0.15) is 5.60 Å². The maximum atomic E-state index is 11.8. The first-order valence-corrected chi connectivity index (χ1v) is 5.64. The summed E-state index contributed by atoms with van der Waals surface area (Å²) < 4.78 is 5.29. The number of amides is 1. The second-order valence-electron chi connectivity index (χ2n) is 4.78. The van der Waals surface area contributed by atoms with Crippen LogP contribution in [0, 0.1) is 0 Å². The fraction of sp³-hybridized carbons (Fsp3) is 0.462. The number of ether oxygens (including phenoxy) is 1. The molecule has 0 bridgehead atoms. The van der Waals surface area contributed by atoms with Crippen LogP contribution in [0.1, 0.15) is 26.3 Å². The third kappa shape index (κ3) is 4.87. The van der Waals surface area contributed by atoms with E-state index in [0.29, 0.717) is 6.54 Å². The molecule has 1 aromatic rings. The van der Waals surface area contributed by atoms with Crippen LogP contribution in [0.4, 0.5) is 4.79 Å². The van der Waals surface area contributed by atoms with Crippen LogP contribution in [0.15, 0.2) is 30.3 Å². The Morgan fingerprint density at radius 3 is 2.35 bits per heavy atom. The number of carbonyl (C=O) groups excluding carboxylic acids is 1. The molecule has 0 unspecified atom stereocenters. The molecule has 0 atom stereocenters. The van der Waals surface area contributed by atoms with E-state index in [1.165, 1.54) is 5.01 Å². The van der Waals surface area contributed by atoms with Gasteiger partial charge >= 0.3 is 6.09 Å². The van der Waals surface area contributed by atoms with Crippen LogP contribution in [-0.4, -0.2) is 23.8 Å². The average molecular weight is 236 g/mol. The van der Waals surface area contributed by atoms with Crippen molar-refractivity contribution >= 4 is 6.09 Å². The number of nitrogens with zero attached hydrogens (tertiary/aromatic N) is 1. The summed E-state index contributed by atoms with van der Waals surface area (Å²) >= 11 is 0. The van der Waals surface area contributed by atoms with Gasteiger partial charge in [-0.3, -0.25) is 0 Å². The second-order valence-corrected chi connectivity index (χ2v) is 4.78. The molecule has 4 heteroatoms. The molecule has 0 saturated carbocycles. The van der Waals surface area contributed by atoms with Gasteiger partial charge in [0.2, 0.25) is 0 Å². The van der Waals surface area contributed by atoms with Gasteiger partial charge in [-0.2, -0.15) is 0 Å². The molecule has 0 spiro atoms. The Hall–Kier alpha value is -1.55. The molecule has 0 aliphatic heterocycles. The summed E-state index contributed by atoms with van der Waals surface area (Å²) in [6.07, 6.45) is -0.371. The van der Waals surface area contributed by atoms with Crippen LogP contribution < -0.4 is 5.43 Å². The molecular weight excluding hydrogens is 216 g/mol. The second kappa shape index (κ2) is 5.68. The largest absolute Gasteiger partial charge is 0.443 e. The lowest BCUT2D eigenvalue weighted by Gasteiger charge is -2.26. The van der Waals surface area contributed by atoms with Crippen molar-refractivity contribution in [3.8, 4) is 0 Å². The minimum Gasteiger partial charge on any atom is -0.443 e. The maximum absolute atomic E-state index is 11.8. The van der Waals surface area contributed by atoms with E-state index < -0.39 is 5.60 Å². The normalized spacial score (nSPS) is 11.1. The molecule has 0 heterocycles. The summed E-state index contributed by atoms with van der Waals surface area (Å²) in [6.45, 7) is 6.02. The number of rotatable bonds is 3. The molecule has 0 radical (unpaired) electrons. The highest BCUT2D eigenvalue weighted by atomic mass is 16.6. The molecule has 0 fully saturated rings. The van der Waals surface area contributed by atoms with E-state index >= 15 is 0 Å². The van der Waals surface area contributed by atoms with E-state index in [9.17, 15) is 4.79 Å². The Morgan fingerprint density at radius 1 is 1.29 bits per heavy atom. The first kappa shape index (κ1) is 13.5. The van der Waals surface area contributed by atoms with E-state index in [1.54, 1.807) is 7.05 Å². The highest BCUT2D eigenvalue weighted by Crippen LogP contribution is 2.10. The van der Waals surface area contributed by atoms with E-state index in [0.717, 1.165) is 5.56 Å². The number of benzene rings is 1. The van der Waals surface area contributed by atoms with Crippen LogP contribution >= 0.6 is 0 Å². The summed E-state index contributed by atoms with van der Waals surface area (Å²) in [5, 5.41) is 1.45. The lowest BCUT2D eigenvalue weighted by atomic mass is 10.2. The molecule has 17 heavy (non-hydrogen) atoms. The standard InChI is InChI=1S/C13H20N2O2/c1-13(2,3)17-12(16)15(14-4)10-11-8-6-5-7-9-11/h5-9,14H,10H2,1-4H3. The van der Waals surface area contributed by atoms with Gasteiger partial charge in [-0.05, 0) is 26.3 Å². The Kier molecular flexibility index (Phi) is 4.52. The fourth-order valence-electron chi connectivity index (χ4n) is 1.32. The van der Waals surface area contributed by atoms with Gasteiger partial charge in [-0.1, -0.05) is 30.3 Å². The fourth-order valence-corrected chi connectivity index (χ4v) is 1.32. The van der Waals surface area contributed by atoms with Crippen LogP contribution in [0.2, 0.25) is 0 Å². The summed E-state index contributed by atoms with van der Waals surface area (Å²) in [7, 11) is 1.70. The van der Waals surface area contributed by atoms with Gasteiger partial charge in [-0.25, -0.2) is 15.2 Å². The number of hydrazine groups is 1. The van der Waals surface area contributed by atoms with Gasteiger partial charge < -0.3 is 4.74 Å². The van der Waals surface area contributed by atoms with Crippen LogP contribution in [0.25, 0.3) is 0 Å². The van der Waals surface area contributed by atoms with Crippen LogP contribution in [0.5, 0.6) is 0 Å². The molecule has 0 aromatic heterocycles. The first-order chi connectivity index (χ1) is 7.92. The third-order valence-corrected chi connectivity index (χ3v) is 2.07. The number of hydrogen-bond acceptors (Lipinski definition) is 3. The van der Waals surface area contributed by atoms with Gasteiger partial charge in [0.05, 0.1) is 6.54 Å². The van der Waals surface area contributed by atoms with Crippen molar-refractivity contribution in [3.63, 3.8) is 0 Å². The Labute approximate surface area is 103 Å². The molecule has 1 N–H and O–H groups in total. The quantitative estimate of drug-likeness (QED) is 0.820. The van der Waals surface area contributed by atoms with Crippen molar-refractivity contribution in [2.24, 2.45) is 0 Å². The van der Waals surface area contributed by atoms with Crippen molar-refractivity contribution in [1.29, 1.82) is 0 Å². The van der Waals surface area contributed by atoms with Crippen molar-refractivity contribution < 1.29 is 9.53 Å². The first-order valence-electron chi connectivity index (χ1n) is 5.64. The smallest absolute Gasteiger partial charge is 0.425 e. The highest BCUT2D eigenvalue weighted by Gasteiger charge is 2.21. The van der Waals surface area contributed by atoms with Crippen LogP contribution in [-0.2, 0) is 11.3 Å². The summed E-state index contributed by atoms with van der Waals surface area (Å²) in [4.78, 5) is 11.8. The molecule has 94 valence electrons. The Morgan fingerprint density at radius 2 is 1.88 bits per heavy atom. The summed E-state index contributed by atoms with van der Waals surface area (Å²) in [5.74, 6) is 0. The predicted molar refractivity (Wildman–Crippen MR) is 67.3 cm³/mol. The zero-order valence-electron chi connectivity index (χ0n) is 10.9. The molecule has 0 saturated heterocycles. The SMILES string of the molecule is CNN(Cc1ccccc1)C(=O)OC(C)(C)C. The minimum atomic E-state index is -0.483. The molecule has 0 aliphatic carbocycles. The zero-order chi connectivity index (χ0) is 12.9. The van der Waals surface area contributed by atoms with Crippen molar-refractivity contribution in [2.45, 2.75) is 32.9 Å². The predicted octanol–water partition coefficient (Wildman–Crippen LogP) is 2.56. The lowest BCUT2D eigenvalue weighted by Crippen LogP contribution is -2.43. The minimum absolute atomic E-state index is 0.371. The lowest BCUT2D eigenvalue weighted by molar-refractivity contribution is 0.0139. The molecule has 1 rings (SSSR count). The van der Waals surface area contributed by atoms with Gasteiger partial charge in [0.15, 0.2) is 0 Å². The monoisotopic (exact) mass is 236 g/mol. The zero-order valence-corrected chi connectivity index (χ0v) is 10.9. The van der Waals surface area contributed by atoms with E-state index in [-0.39, 0.29) is 6.09 Å². The third-order valence-electron chi connectivity index (χ3n) is 2.07. The average Bonchev–Trinajstić information content (AvgIpc) is 2.24. The number of hydrogen-bond donors (Lipinski definition) is 1. The number of nitrogens with one attached hydrogen (secondary N) is 1. The van der Waals surface area contributed by atoms with Crippen molar-refractivity contribution in [2.75, 3.05) is 7.05 Å². The Balaban J connectivity index is 2.63. The Bertz CT molecular complexity index is 357. The van der Waals surface area contributed by atoms with E-state index in [1.807, 2.05) is 51.1 Å². The topological polar surface area (TPSA) is 41.6 Å². The van der Waals surface area contributed by atoms with Crippen molar-refractivity contribution in [3.05, 3.63) is 35.9 Å². The van der Waals surface area contributed by atoms with Crippen molar-refractivity contribution in [1.82, 2.24) is 10.4 Å². The van der Waals surface area contributed by atoms with E-state index in [4.69, 9.17) is 4.74 Å². The van der Waals surface area contributed by atoms with Crippen LogP contribution in [0.3, 0.4) is 0 Å². The molecule has 1 aromatic carbocycles.